The molecule has 0 amide bonds. The van der Waals surface area contributed by atoms with Gasteiger partial charge >= 0.3 is 0 Å². The molecule has 2 saturated heterocycles. The second-order valence-corrected chi connectivity index (χ2v) is 7.21. The van der Waals surface area contributed by atoms with E-state index in [4.69, 9.17) is 4.74 Å². The van der Waals surface area contributed by atoms with Crippen molar-refractivity contribution < 1.29 is 14.2 Å². The van der Waals surface area contributed by atoms with Gasteiger partial charge in [0.15, 0.2) is 0 Å². The zero-order valence-electron chi connectivity index (χ0n) is 15.4. The maximum Gasteiger partial charge on any atom is 0.138 e. The molecule has 0 bridgehead atoms. The van der Waals surface area contributed by atoms with Gasteiger partial charge in [0.1, 0.15) is 11.6 Å². The fourth-order valence-electron chi connectivity index (χ4n) is 3.88. The van der Waals surface area contributed by atoms with Crippen molar-refractivity contribution in [1.29, 1.82) is 0 Å². The normalized spacial score (nSPS) is 20.6. The lowest BCUT2D eigenvalue weighted by Crippen LogP contribution is -2.42. The van der Waals surface area contributed by atoms with Crippen LogP contribution in [0.2, 0.25) is 0 Å². The van der Waals surface area contributed by atoms with Crippen LogP contribution >= 0.6 is 0 Å². The summed E-state index contributed by atoms with van der Waals surface area (Å²) >= 11 is 0. The molecule has 2 aliphatic rings. The molecule has 1 atom stereocenters. The number of morpholine rings is 1. The number of nitrogens with one attached hydrogen (secondary N) is 1. The van der Waals surface area contributed by atoms with Crippen molar-refractivity contribution >= 4 is 17.1 Å². The number of hydrogen-bond donors (Lipinski definition) is 2. The highest BCUT2D eigenvalue weighted by Crippen LogP contribution is 2.31. The smallest absolute Gasteiger partial charge is 0.138 e. The summed E-state index contributed by atoms with van der Waals surface area (Å²) in [4.78, 5) is 4.47. The molecule has 0 aromatic heterocycles. The lowest BCUT2D eigenvalue weighted by molar-refractivity contribution is 0.122. The predicted octanol–water partition coefficient (Wildman–Crippen LogP) is 3.45. The Morgan fingerprint density at radius 3 is 2.63 bits per heavy atom. The zero-order valence-corrected chi connectivity index (χ0v) is 15.4. The Balaban J connectivity index is 1.46. The minimum absolute atomic E-state index is 0.202. The van der Waals surface area contributed by atoms with E-state index in [0.29, 0.717) is 0 Å². The number of phenols is 1. The largest absolute Gasteiger partial charge is 0.506 e. The van der Waals surface area contributed by atoms with Gasteiger partial charge in [-0.05, 0) is 49.2 Å². The molecule has 0 unspecified atom stereocenters. The van der Waals surface area contributed by atoms with Gasteiger partial charge in [-0.1, -0.05) is 6.07 Å². The van der Waals surface area contributed by atoms with Gasteiger partial charge in [0, 0.05) is 43.6 Å². The van der Waals surface area contributed by atoms with Crippen LogP contribution in [-0.2, 0) is 4.74 Å². The number of hydrogen-bond acceptors (Lipinski definition) is 5. The van der Waals surface area contributed by atoms with Crippen LogP contribution in [-0.4, -0.2) is 50.5 Å². The van der Waals surface area contributed by atoms with E-state index in [-0.39, 0.29) is 17.6 Å². The molecule has 2 N–H and O–H groups in total. The van der Waals surface area contributed by atoms with Crippen molar-refractivity contribution in [2.24, 2.45) is 0 Å². The highest BCUT2D eigenvalue weighted by Gasteiger charge is 2.22. The maximum absolute atomic E-state index is 13.6. The third kappa shape index (κ3) is 4.27. The van der Waals surface area contributed by atoms with E-state index < -0.39 is 0 Å². The van der Waals surface area contributed by atoms with Crippen LogP contribution in [0.5, 0.6) is 5.75 Å². The van der Waals surface area contributed by atoms with Crippen molar-refractivity contribution in [3.05, 3.63) is 48.3 Å². The van der Waals surface area contributed by atoms with Crippen LogP contribution in [0.15, 0.2) is 42.5 Å². The standard InChI is InChI=1S/C21H26FN3O2/c22-16-3-1-5-18(13-16)25-8-2-4-17(15-25)23-20-14-19(6-7-21(20)26)24-9-11-27-12-10-24/h1,3,5-7,13-14,17,23,26H,2,4,8-12,15H2/t17-/m1/s1. The van der Waals surface area contributed by atoms with Gasteiger partial charge in [-0.25, -0.2) is 4.39 Å². The average molecular weight is 371 g/mol. The summed E-state index contributed by atoms with van der Waals surface area (Å²) < 4.78 is 19.0. The van der Waals surface area contributed by atoms with Crippen molar-refractivity contribution in [1.82, 2.24) is 0 Å². The summed E-state index contributed by atoms with van der Waals surface area (Å²) in [5.74, 6) is 0.0494. The highest BCUT2D eigenvalue weighted by molar-refractivity contribution is 5.66. The number of anilines is 3. The van der Waals surface area contributed by atoms with Crippen molar-refractivity contribution in [2.45, 2.75) is 18.9 Å². The van der Waals surface area contributed by atoms with Gasteiger partial charge < -0.3 is 25.0 Å². The number of benzene rings is 2. The molecule has 0 radical (unpaired) electrons. The molecule has 2 aromatic rings. The number of rotatable bonds is 4. The van der Waals surface area contributed by atoms with E-state index in [0.717, 1.165) is 69.3 Å². The Morgan fingerprint density at radius 2 is 1.81 bits per heavy atom. The van der Waals surface area contributed by atoms with Crippen molar-refractivity contribution in [2.75, 3.05) is 54.5 Å². The average Bonchev–Trinajstić information content (AvgIpc) is 2.71. The first-order valence-corrected chi connectivity index (χ1v) is 9.62. The molecule has 27 heavy (non-hydrogen) atoms. The Labute approximate surface area is 159 Å². The summed E-state index contributed by atoms with van der Waals surface area (Å²) in [7, 11) is 0. The Kier molecular flexibility index (Phi) is 5.34. The monoisotopic (exact) mass is 371 g/mol. The minimum Gasteiger partial charge on any atom is -0.506 e. The molecule has 4 rings (SSSR count). The first-order valence-electron chi connectivity index (χ1n) is 9.62. The lowest BCUT2D eigenvalue weighted by Gasteiger charge is -2.35. The molecule has 0 saturated carbocycles. The molecule has 6 heteroatoms. The second-order valence-electron chi connectivity index (χ2n) is 7.21. The molecule has 0 aliphatic carbocycles. The Morgan fingerprint density at radius 1 is 1.00 bits per heavy atom. The summed E-state index contributed by atoms with van der Waals surface area (Å²) in [6.07, 6.45) is 2.05. The molecule has 2 aliphatic heterocycles. The third-order valence-corrected chi connectivity index (χ3v) is 5.31. The molecule has 144 valence electrons. The van der Waals surface area contributed by atoms with E-state index >= 15 is 0 Å². The zero-order chi connectivity index (χ0) is 18.6. The van der Waals surface area contributed by atoms with Crippen LogP contribution in [0.4, 0.5) is 21.5 Å². The predicted molar refractivity (Wildman–Crippen MR) is 106 cm³/mol. The van der Waals surface area contributed by atoms with Gasteiger partial charge in [0.25, 0.3) is 0 Å². The molecule has 0 spiro atoms. The first-order chi connectivity index (χ1) is 13.2. The Bertz CT molecular complexity index is 780. The molecule has 5 nitrogen and oxygen atoms in total. The van der Waals surface area contributed by atoms with Gasteiger partial charge in [0.2, 0.25) is 0 Å². The lowest BCUT2D eigenvalue weighted by atomic mass is 10.0. The van der Waals surface area contributed by atoms with Crippen molar-refractivity contribution in [3.8, 4) is 5.75 Å². The fraction of sp³-hybridized carbons (Fsp3) is 0.429. The molecule has 2 heterocycles. The topological polar surface area (TPSA) is 48.0 Å². The van der Waals surface area contributed by atoms with Crippen LogP contribution in [0.3, 0.4) is 0 Å². The van der Waals surface area contributed by atoms with E-state index in [1.54, 1.807) is 18.2 Å². The van der Waals surface area contributed by atoms with Crippen LogP contribution < -0.4 is 15.1 Å². The number of nitrogens with zero attached hydrogens (tertiary/aromatic N) is 2. The van der Waals surface area contributed by atoms with Gasteiger partial charge in [-0.15, -0.1) is 0 Å². The number of piperidine rings is 1. The molecule has 2 fully saturated rings. The van der Waals surface area contributed by atoms with E-state index in [1.807, 2.05) is 18.2 Å². The van der Waals surface area contributed by atoms with Crippen LogP contribution in [0.25, 0.3) is 0 Å². The maximum atomic E-state index is 13.6. The quantitative estimate of drug-likeness (QED) is 0.806. The summed E-state index contributed by atoms with van der Waals surface area (Å²) in [5.41, 5.74) is 2.76. The van der Waals surface area contributed by atoms with Gasteiger partial charge in [0.05, 0.1) is 18.9 Å². The number of halogens is 1. The fourth-order valence-corrected chi connectivity index (χ4v) is 3.88. The van der Waals surface area contributed by atoms with Gasteiger partial charge in [-0.3, -0.25) is 0 Å². The Hall–Kier alpha value is -2.47. The van der Waals surface area contributed by atoms with Crippen LogP contribution in [0.1, 0.15) is 12.8 Å². The molecule has 2 aromatic carbocycles. The van der Waals surface area contributed by atoms with E-state index in [2.05, 4.69) is 15.1 Å². The summed E-state index contributed by atoms with van der Waals surface area (Å²) in [5, 5.41) is 13.8. The third-order valence-electron chi connectivity index (χ3n) is 5.31. The van der Waals surface area contributed by atoms with Crippen LogP contribution in [0, 0.1) is 5.82 Å². The highest BCUT2D eigenvalue weighted by atomic mass is 19.1. The second kappa shape index (κ2) is 8.05. The number of ether oxygens (including phenoxy) is 1. The van der Waals surface area contributed by atoms with Crippen molar-refractivity contribution in [3.63, 3.8) is 0 Å². The molecular formula is C21H26FN3O2. The van der Waals surface area contributed by atoms with E-state index in [9.17, 15) is 9.50 Å². The summed E-state index contributed by atoms with van der Waals surface area (Å²) in [6, 6.07) is 12.7. The molecular weight excluding hydrogens is 345 g/mol. The van der Waals surface area contributed by atoms with E-state index in [1.165, 1.54) is 6.07 Å². The minimum atomic E-state index is -0.210. The SMILES string of the molecule is Oc1ccc(N2CCOCC2)cc1N[C@@H]1CCCN(c2cccc(F)c2)C1. The van der Waals surface area contributed by atoms with Gasteiger partial charge in [-0.2, -0.15) is 0 Å². The summed E-state index contributed by atoms with van der Waals surface area (Å²) in [6.45, 7) is 4.89. The number of phenolic OH excluding ortho intramolecular Hbond substituents is 1. The number of aromatic hydroxyl groups is 1. The first kappa shape index (κ1) is 17.9.